The van der Waals surface area contributed by atoms with E-state index >= 15 is 0 Å². The van der Waals surface area contributed by atoms with E-state index in [0.717, 1.165) is 6.42 Å². The zero-order valence-electron chi connectivity index (χ0n) is 9.85. The van der Waals surface area contributed by atoms with Gasteiger partial charge in [0, 0.05) is 31.9 Å². The third-order valence-electron chi connectivity index (χ3n) is 2.24. The van der Waals surface area contributed by atoms with E-state index in [1.165, 1.54) is 0 Å². The molecule has 0 unspecified atom stereocenters. The monoisotopic (exact) mass is 239 g/mol. The first-order valence-corrected chi connectivity index (χ1v) is 5.66. The van der Waals surface area contributed by atoms with Crippen LogP contribution in [0.2, 0.25) is 0 Å². The standard InChI is InChI=1S/C11H17N3O3/c1-2-7-14-8-6-13-10(11(14)17)12-5-3-4-9(15)16/h6,8H,2-5,7H2,1H3,(H,12,13)(H,15,16). The number of nitrogens with zero attached hydrogens (tertiary/aromatic N) is 2. The zero-order chi connectivity index (χ0) is 12.7. The van der Waals surface area contributed by atoms with Crippen molar-refractivity contribution in [2.24, 2.45) is 0 Å². The maximum absolute atomic E-state index is 11.8. The molecule has 1 rings (SSSR count). The predicted molar refractivity (Wildman–Crippen MR) is 64.1 cm³/mol. The number of aromatic nitrogens is 2. The largest absolute Gasteiger partial charge is 0.481 e. The van der Waals surface area contributed by atoms with Gasteiger partial charge >= 0.3 is 5.97 Å². The van der Waals surface area contributed by atoms with Gasteiger partial charge in [-0.05, 0) is 12.8 Å². The number of aliphatic carboxylic acids is 1. The maximum Gasteiger partial charge on any atom is 0.303 e. The molecule has 0 spiro atoms. The first kappa shape index (κ1) is 13.2. The summed E-state index contributed by atoms with van der Waals surface area (Å²) in [5, 5.41) is 11.3. The average Bonchev–Trinajstić information content (AvgIpc) is 2.29. The van der Waals surface area contributed by atoms with Crippen LogP contribution >= 0.6 is 0 Å². The van der Waals surface area contributed by atoms with Gasteiger partial charge in [0.2, 0.25) is 0 Å². The minimum Gasteiger partial charge on any atom is -0.481 e. The Labute approximate surface area is 99.3 Å². The maximum atomic E-state index is 11.8. The van der Waals surface area contributed by atoms with Crippen LogP contribution in [0, 0.1) is 0 Å². The van der Waals surface area contributed by atoms with Gasteiger partial charge in [-0.3, -0.25) is 9.59 Å². The van der Waals surface area contributed by atoms with Crippen molar-refractivity contribution >= 4 is 11.8 Å². The van der Waals surface area contributed by atoms with E-state index in [0.29, 0.717) is 19.5 Å². The number of carboxylic acids is 1. The van der Waals surface area contributed by atoms with Gasteiger partial charge in [-0.15, -0.1) is 0 Å². The van der Waals surface area contributed by atoms with Crippen LogP contribution in [0.5, 0.6) is 0 Å². The topological polar surface area (TPSA) is 84.2 Å². The molecule has 1 aromatic rings. The van der Waals surface area contributed by atoms with E-state index < -0.39 is 5.97 Å². The van der Waals surface area contributed by atoms with E-state index in [-0.39, 0.29) is 17.8 Å². The molecule has 0 saturated heterocycles. The summed E-state index contributed by atoms with van der Waals surface area (Å²) in [4.78, 5) is 26.1. The molecule has 0 fully saturated rings. The highest BCUT2D eigenvalue weighted by atomic mass is 16.4. The highest BCUT2D eigenvalue weighted by molar-refractivity contribution is 5.66. The number of hydrogen-bond acceptors (Lipinski definition) is 4. The number of rotatable bonds is 7. The molecule has 1 aromatic heterocycles. The molecule has 17 heavy (non-hydrogen) atoms. The van der Waals surface area contributed by atoms with Crippen molar-refractivity contribution in [3.63, 3.8) is 0 Å². The Morgan fingerprint density at radius 2 is 2.35 bits per heavy atom. The third kappa shape index (κ3) is 4.26. The molecule has 2 N–H and O–H groups in total. The molecule has 1 heterocycles. The summed E-state index contributed by atoms with van der Waals surface area (Å²) in [6.07, 6.45) is 4.65. The second-order valence-corrected chi connectivity index (χ2v) is 3.70. The zero-order valence-corrected chi connectivity index (χ0v) is 9.85. The highest BCUT2D eigenvalue weighted by Gasteiger charge is 2.03. The Morgan fingerprint density at radius 3 is 3.00 bits per heavy atom. The van der Waals surface area contributed by atoms with Gasteiger partial charge < -0.3 is 15.0 Å². The second kappa shape index (κ2) is 6.67. The Hall–Kier alpha value is -1.85. The fraction of sp³-hybridized carbons (Fsp3) is 0.545. The van der Waals surface area contributed by atoms with E-state index in [9.17, 15) is 9.59 Å². The lowest BCUT2D eigenvalue weighted by Crippen LogP contribution is -2.24. The molecule has 0 aliphatic heterocycles. The Balaban J connectivity index is 2.56. The van der Waals surface area contributed by atoms with E-state index in [1.54, 1.807) is 17.0 Å². The van der Waals surface area contributed by atoms with Gasteiger partial charge in [0.25, 0.3) is 5.56 Å². The molecule has 6 heteroatoms. The summed E-state index contributed by atoms with van der Waals surface area (Å²) in [5.41, 5.74) is -0.162. The molecule has 0 radical (unpaired) electrons. The van der Waals surface area contributed by atoms with Crippen LogP contribution in [0.3, 0.4) is 0 Å². The minimum atomic E-state index is -0.837. The molecule has 94 valence electrons. The van der Waals surface area contributed by atoms with Crippen molar-refractivity contribution in [2.45, 2.75) is 32.7 Å². The summed E-state index contributed by atoms with van der Waals surface area (Å²) in [6.45, 7) is 3.09. The van der Waals surface area contributed by atoms with E-state index in [1.807, 2.05) is 6.92 Å². The van der Waals surface area contributed by atoms with Crippen molar-refractivity contribution in [1.82, 2.24) is 9.55 Å². The Bertz CT molecular complexity index is 428. The van der Waals surface area contributed by atoms with Crippen molar-refractivity contribution in [1.29, 1.82) is 0 Å². The van der Waals surface area contributed by atoms with Crippen LogP contribution in [0.1, 0.15) is 26.2 Å². The lowest BCUT2D eigenvalue weighted by atomic mass is 10.3. The molecule has 0 aromatic carbocycles. The van der Waals surface area contributed by atoms with Crippen LogP contribution in [-0.4, -0.2) is 27.2 Å². The highest BCUT2D eigenvalue weighted by Crippen LogP contribution is 1.96. The van der Waals surface area contributed by atoms with E-state index in [2.05, 4.69) is 10.3 Å². The molecular formula is C11H17N3O3. The molecular weight excluding hydrogens is 222 g/mol. The first-order valence-electron chi connectivity index (χ1n) is 5.66. The van der Waals surface area contributed by atoms with Gasteiger partial charge in [-0.2, -0.15) is 0 Å². The van der Waals surface area contributed by atoms with Gasteiger partial charge in [-0.25, -0.2) is 4.98 Å². The minimum absolute atomic E-state index is 0.0863. The summed E-state index contributed by atoms with van der Waals surface area (Å²) >= 11 is 0. The normalized spacial score (nSPS) is 10.2. The molecule has 6 nitrogen and oxygen atoms in total. The second-order valence-electron chi connectivity index (χ2n) is 3.70. The van der Waals surface area contributed by atoms with Crippen LogP contribution < -0.4 is 10.9 Å². The molecule has 0 aliphatic rings. The average molecular weight is 239 g/mol. The first-order chi connectivity index (χ1) is 8.15. The number of aryl methyl sites for hydroxylation is 1. The van der Waals surface area contributed by atoms with Crippen molar-refractivity contribution < 1.29 is 9.90 Å². The van der Waals surface area contributed by atoms with Crippen LogP contribution in [0.25, 0.3) is 0 Å². The van der Waals surface area contributed by atoms with Crippen molar-refractivity contribution in [2.75, 3.05) is 11.9 Å². The number of anilines is 1. The Kier molecular flexibility index (Phi) is 5.19. The quantitative estimate of drug-likeness (QED) is 0.691. The van der Waals surface area contributed by atoms with Gasteiger partial charge in [0.15, 0.2) is 5.82 Å². The smallest absolute Gasteiger partial charge is 0.303 e. The van der Waals surface area contributed by atoms with Crippen LogP contribution in [-0.2, 0) is 11.3 Å². The van der Waals surface area contributed by atoms with Crippen molar-refractivity contribution in [3.05, 3.63) is 22.7 Å². The van der Waals surface area contributed by atoms with E-state index in [4.69, 9.17) is 5.11 Å². The summed E-state index contributed by atoms with van der Waals surface area (Å²) < 4.78 is 1.59. The summed E-state index contributed by atoms with van der Waals surface area (Å²) in [7, 11) is 0. The number of carboxylic acid groups (broad SMARTS) is 1. The molecule has 0 bridgehead atoms. The fourth-order valence-corrected chi connectivity index (χ4v) is 1.43. The summed E-state index contributed by atoms with van der Waals surface area (Å²) in [6, 6.07) is 0. The van der Waals surface area contributed by atoms with Gasteiger partial charge in [0.1, 0.15) is 0 Å². The van der Waals surface area contributed by atoms with Gasteiger partial charge in [-0.1, -0.05) is 6.92 Å². The van der Waals surface area contributed by atoms with Crippen LogP contribution in [0.4, 0.5) is 5.82 Å². The van der Waals surface area contributed by atoms with Crippen LogP contribution in [0.15, 0.2) is 17.2 Å². The fourth-order valence-electron chi connectivity index (χ4n) is 1.43. The molecule has 0 amide bonds. The number of hydrogen-bond donors (Lipinski definition) is 2. The lowest BCUT2D eigenvalue weighted by molar-refractivity contribution is -0.137. The SMILES string of the molecule is CCCn1ccnc(NCCCC(=O)O)c1=O. The lowest BCUT2D eigenvalue weighted by Gasteiger charge is -2.07. The molecule has 0 saturated carbocycles. The van der Waals surface area contributed by atoms with Crippen molar-refractivity contribution in [3.8, 4) is 0 Å². The predicted octanol–water partition coefficient (Wildman–Crippen LogP) is 0.930. The molecule has 0 aliphatic carbocycles. The van der Waals surface area contributed by atoms with Gasteiger partial charge in [0.05, 0.1) is 0 Å². The Morgan fingerprint density at radius 1 is 1.59 bits per heavy atom. The number of nitrogens with one attached hydrogen (secondary N) is 1. The summed E-state index contributed by atoms with van der Waals surface area (Å²) in [5.74, 6) is -0.553. The molecule has 0 atom stereocenters. The third-order valence-corrected chi connectivity index (χ3v) is 2.24. The number of carbonyl (C=O) groups is 1.